The summed E-state index contributed by atoms with van der Waals surface area (Å²) in [5, 5.41) is 5.25. The third kappa shape index (κ3) is 5.49. The molecule has 1 fully saturated rings. The van der Waals surface area contributed by atoms with Crippen molar-refractivity contribution in [2.75, 3.05) is 17.5 Å². The van der Waals surface area contributed by atoms with E-state index >= 15 is 0 Å². The lowest BCUT2D eigenvalue weighted by atomic mass is 10.0. The Balaban J connectivity index is 1.61. The average Bonchev–Trinajstić information content (AvgIpc) is 3.66. The number of aromatic nitrogens is 2. The minimum atomic E-state index is -2.35. The minimum absolute atomic E-state index is 0.172. The summed E-state index contributed by atoms with van der Waals surface area (Å²) in [6.07, 6.45) is 3.89. The van der Waals surface area contributed by atoms with E-state index in [1.54, 1.807) is 54.0 Å². The van der Waals surface area contributed by atoms with E-state index < -0.39 is 23.1 Å². The molecule has 1 aliphatic carbocycles. The van der Waals surface area contributed by atoms with Crippen LogP contribution in [0.4, 0.5) is 10.1 Å². The predicted octanol–water partition coefficient (Wildman–Crippen LogP) is 6.80. The molecule has 1 unspecified atom stereocenters. The molecule has 4 aromatic rings. The fraction of sp³-hybridized carbons (Fsp3) is 0.259. The summed E-state index contributed by atoms with van der Waals surface area (Å²) in [6, 6.07) is 13.7. The van der Waals surface area contributed by atoms with E-state index in [9.17, 15) is 17.9 Å². The van der Waals surface area contributed by atoms with Crippen LogP contribution in [0.1, 0.15) is 47.2 Å². The number of nitrogens with zero attached hydrogens (tertiary/aromatic N) is 3. The molecule has 0 radical (unpaired) electrons. The molecule has 5 rings (SSSR count). The average molecular weight is 621 g/mol. The largest absolute Gasteiger partial charge is 0.462 e. The Morgan fingerprint density at radius 2 is 2.00 bits per heavy atom. The first-order valence-corrected chi connectivity index (χ1v) is 14.3. The number of hydrogen-bond acceptors (Lipinski definition) is 4. The van der Waals surface area contributed by atoms with Crippen molar-refractivity contribution in [3.05, 3.63) is 86.7 Å². The molecule has 0 amide bonds. The Bertz CT molecular complexity index is 1540. The Kier molecular flexibility index (Phi) is 7.85. The van der Waals surface area contributed by atoms with Gasteiger partial charge < -0.3 is 4.74 Å². The van der Waals surface area contributed by atoms with Gasteiger partial charge in [0.05, 0.1) is 28.5 Å². The number of benzene rings is 2. The number of pyridine rings is 1. The first-order chi connectivity index (χ1) is 18.3. The monoisotopic (exact) mass is 619 g/mol. The van der Waals surface area contributed by atoms with Crippen molar-refractivity contribution < 1.29 is 22.7 Å². The van der Waals surface area contributed by atoms with Crippen LogP contribution in [0.25, 0.3) is 16.8 Å². The normalized spacial score (nSPS) is 14.0. The summed E-state index contributed by atoms with van der Waals surface area (Å²) in [4.78, 5) is 13.1. The van der Waals surface area contributed by atoms with E-state index in [1.807, 2.05) is 6.07 Å². The highest BCUT2D eigenvalue weighted by molar-refractivity contribution is 9.10. The first-order valence-electron chi connectivity index (χ1n) is 12.1. The molecule has 11 heteroatoms. The highest BCUT2D eigenvalue weighted by atomic mass is 79.9. The number of carbonyl (C=O) groups excluding carboxylic acids is 1. The van der Waals surface area contributed by atoms with Crippen molar-refractivity contribution in [3.8, 4) is 11.3 Å². The van der Waals surface area contributed by atoms with Gasteiger partial charge in [0.25, 0.3) is 11.3 Å². The Morgan fingerprint density at radius 1 is 1.26 bits per heavy atom. The maximum absolute atomic E-state index is 14.0. The molecule has 1 N–H and O–H groups in total. The summed E-state index contributed by atoms with van der Waals surface area (Å²) in [5.41, 5.74) is 4.09. The van der Waals surface area contributed by atoms with Crippen LogP contribution in [0.3, 0.4) is 0 Å². The van der Waals surface area contributed by atoms with Crippen LogP contribution in [0.2, 0.25) is 5.02 Å². The van der Waals surface area contributed by atoms with Gasteiger partial charge >= 0.3 is 5.97 Å². The highest BCUT2D eigenvalue weighted by Gasteiger charge is 2.32. The standard InChI is InChI=1S/C27H24BrClFN3O4S/c1-2-37-27(34)25-23-14-20(17-4-5-17)24(15-32(23)31-26(25)18-6-8-19(29)9-7-18)33(38(35)36)12-11-16-3-10-21(28)22(30)13-16/h3,6-10,13-15,17H,2,4-5,11-12H2,1H3,(H,35,36). The molecule has 1 atom stereocenters. The molecule has 2 aromatic heterocycles. The van der Waals surface area contributed by atoms with Gasteiger partial charge in [0, 0.05) is 17.1 Å². The molecule has 38 heavy (non-hydrogen) atoms. The number of rotatable bonds is 9. The molecule has 2 aromatic carbocycles. The number of fused-ring (bicyclic) bond motifs is 1. The van der Waals surface area contributed by atoms with Crippen LogP contribution in [-0.4, -0.2) is 37.5 Å². The van der Waals surface area contributed by atoms with Crippen LogP contribution < -0.4 is 4.31 Å². The van der Waals surface area contributed by atoms with Crippen molar-refractivity contribution in [2.45, 2.75) is 32.1 Å². The lowest BCUT2D eigenvalue weighted by Crippen LogP contribution is -2.29. The molecular formula is C27H24BrClFN3O4S. The van der Waals surface area contributed by atoms with Crippen LogP contribution in [0, 0.1) is 5.82 Å². The van der Waals surface area contributed by atoms with Crippen molar-refractivity contribution in [1.29, 1.82) is 0 Å². The maximum atomic E-state index is 14.0. The van der Waals surface area contributed by atoms with E-state index in [-0.39, 0.29) is 19.1 Å². The smallest absolute Gasteiger partial charge is 0.342 e. The van der Waals surface area contributed by atoms with Gasteiger partial charge in [0.1, 0.15) is 17.1 Å². The highest BCUT2D eigenvalue weighted by Crippen LogP contribution is 2.46. The zero-order valence-corrected chi connectivity index (χ0v) is 23.5. The van der Waals surface area contributed by atoms with Gasteiger partial charge in [-0.3, -0.25) is 8.86 Å². The molecule has 198 valence electrons. The van der Waals surface area contributed by atoms with Gasteiger partial charge in [-0.05, 0) is 89.5 Å². The van der Waals surface area contributed by atoms with Gasteiger partial charge in [-0.25, -0.2) is 17.9 Å². The zero-order chi connectivity index (χ0) is 27.0. The van der Waals surface area contributed by atoms with Crippen LogP contribution in [0.15, 0.2) is 59.2 Å². The van der Waals surface area contributed by atoms with E-state index in [0.717, 1.165) is 18.4 Å². The molecular weight excluding hydrogens is 597 g/mol. The van der Waals surface area contributed by atoms with Gasteiger partial charge in [-0.1, -0.05) is 29.8 Å². The number of esters is 1. The van der Waals surface area contributed by atoms with Gasteiger partial charge in [0.15, 0.2) is 0 Å². The summed E-state index contributed by atoms with van der Waals surface area (Å²) in [7, 11) is 0. The first kappa shape index (κ1) is 26.8. The van der Waals surface area contributed by atoms with Crippen molar-refractivity contribution in [3.63, 3.8) is 0 Å². The minimum Gasteiger partial charge on any atom is -0.462 e. The predicted molar refractivity (Wildman–Crippen MR) is 149 cm³/mol. The number of halogens is 3. The molecule has 0 saturated heterocycles. The van der Waals surface area contributed by atoms with E-state index in [4.69, 9.17) is 16.3 Å². The Hall–Kier alpha value is -2.79. The fourth-order valence-electron chi connectivity index (χ4n) is 4.45. The number of ether oxygens (including phenoxy) is 1. The SMILES string of the molecule is CCOC(=O)c1c(-c2ccc(Cl)cc2)nn2cc(N(CCc3ccc(Br)c(F)c3)S(=O)O)c(C3CC3)cc12. The molecule has 2 heterocycles. The second kappa shape index (κ2) is 11.1. The maximum Gasteiger partial charge on any atom is 0.342 e. The van der Waals surface area contributed by atoms with Crippen LogP contribution >= 0.6 is 27.5 Å². The number of carbonyl (C=O) groups is 1. The topological polar surface area (TPSA) is 84.1 Å². The summed E-state index contributed by atoms with van der Waals surface area (Å²) >= 11 is 6.87. The summed E-state index contributed by atoms with van der Waals surface area (Å²) < 4.78 is 45.5. The van der Waals surface area contributed by atoms with E-state index in [0.29, 0.717) is 49.5 Å². The fourth-order valence-corrected chi connectivity index (χ4v) is 5.39. The number of anilines is 1. The van der Waals surface area contributed by atoms with E-state index in [2.05, 4.69) is 21.0 Å². The molecule has 0 bridgehead atoms. The van der Waals surface area contributed by atoms with E-state index in [1.165, 1.54) is 10.4 Å². The molecule has 1 saturated carbocycles. The van der Waals surface area contributed by atoms with Crippen molar-refractivity contribution in [2.24, 2.45) is 0 Å². The Labute approximate surface area is 235 Å². The molecule has 7 nitrogen and oxygen atoms in total. The molecule has 0 aliphatic heterocycles. The van der Waals surface area contributed by atoms with Crippen molar-refractivity contribution >= 4 is 56.0 Å². The molecule has 0 spiro atoms. The second-order valence-electron chi connectivity index (χ2n) is 9.00. The zero-order valence-electron chi connectivity index (χ0n) is 20.4. The lowest BCUT2D eigenvalue weighted by molar-refractivity contribution is 0.0529. The summed E-state index contributed by atoms with van der Waals surface area (Å²) in [6.45, 7) is 2.12. The second-order valence-corrected chi connectivity index (χ2v) is 11.2. The lowest BCUT2D eigenvalue weighted by Gasteiger charge is -2.23. The Morgan fingerprint density at radius 3 is 2.63 bits per heavy atom. The molecule has 1 aliphatic rings. The van der Waals surface area contributed by atoms with Crippen LogP contribution in [-0.2, 0) is 22.4 Å². The van der Waals surface area contributed by atoms with Gasteiger partial charge in [-0.15, -0.1) is 0 Å². The van der Waals surface area contributed by atoms with Crippen LogP contribution in [0.5, 0.6) is 0 Å². The number of hydrogen-bond donors (Lipinski definition) is 1. The van der Waals surface area contributed by atoms with Gasteiger partial charge in [-0.2, -0.15) is 5.10 Å². The third-order valence-corrected chi connectivity index (χ3v) is 8.09. The van der Waals surface area contributed by atoms with Crippen molar-refractivity contribution in [1.82, 2.24) is 9.61 Å². The van der Waals surface area contributed by atoms with Gasteiger partial charge in [0.2, 0.25) is 0 Å². The summed E-state index contributed by atoms with van der Waals surface area (Å²) in [5.74, 6) is -0.700. The third-order valence-electron chi connectivity index (χ3n) is 6.44. The quantitative estimate of drug-likeness (QED) is 0.164.